The number of aryl methyl sites for hydroxylation is 2. The van der Waals surface area contributed by atoms with Crippen molar-refractivity contribution in [2.75, 3.05) is 6.54 Å². The van der Waals surface area contributed by atoms with Gasteiger partial charge in [-0.15, -0.1) is 0 Å². The van der Waals surface area contributed by atoms with Crippen molar-refractivity contribution in [1.82, 2.24) is 5.32 Å². The first-order valence-corrected chi connectivity index (χ1v) is 7.73. The highest BCUT2D eigenvalue weighted by molar-refractivity contribution is 6.31. The minimum Gasteiger partial charge on any atom is -0.457 e. The van der Waals surface area contributed by atoms with Crippen LogP contribution in [0.2, 0.25) is 5.02 Å². The van der Waals surface area contributed by atoms with Crippen molar-refractivity contribution >= 4 is 11.6 Å². The molecule has 0 aliphatic rings. The Hall–Kier alpha value is -1.51. The number of ether oxygens (including phenoxy) is 1. The molecule has 3 heteroatoms. The van der Waals surface area contributed by atoms with E-state index in [2.05, 4.69) is 38.2 Å². The highest BCUT2D eigenvalue weighted by Gasteiger charge is 2.09. The van der Waals surface area contributed by atoms with Gasteiger partial charge in [0.15, 0.2) is 0 Å². The molecule has 2 aromatic carbocycles. The van der Waals surface area contributed by atoms with Crippen LogP contribution in [0.3, 0.4) is 0 Å². The summed E-state index contributed by atoms with van der Waals surface area (Å²) < 4.78 is 6.03. The highest BCUT2D eigenvalue weighted by Crippen LogP contribution is 2.31. The van der Waals surface area contributed by atoms with Gasteiger partial charge < -0.3 is 10.1 Å². The maximum absolute atomic E-state index is 6.31. The summed E-state index contributed by atoms with van der Waals surface area (Å²) in [5.74, 6) is 1.66. The molecule has 0 aromatic heterocycles. The standard InChI is InChI=1S/C18H22ClNO/c1-4-10-20-12-16-17(19)6-5-7-18(16)21-15-9-8-13(2)14(3)11-15/h5-9,11,20H,4,10,12H2,1-3H3. The third-order valence-corrected chi connectivity index (χ3v) is 3.86. The minimum absolute atomic E-state index is 0.716. The molecule has 2 rings (SSSR count). The Morgan fingerprint density at radius 1 is 1.10 bits per heavy atom. The minimum atomic E-state index is 0.716. The first kappa shape index (κ1) is 15.9. The van der Waals surface area contributed by atoms with E-state index in [1.54, 1.807) is 0 Å². The molecule has 0 bridgehead atoms. The molecule has 2 aromatic rings. The number of rotatable bonds is 6. The van der Waals surface area contributed by atoms with Crippen LogP contribution in [0.1, 0.15) is 30.0 Å². The maximum Gasteiger partial charge on any atom is 0.133 e. The van der Waals surface area contributed by atoms with Crippen molar-refractivity contribution in [3.63, 3.8) is 0 Å². The Morgan fingerprint density at radius 3 is 2.62 bits per heavy atom. The van der Waals surface area contributed by atoms with Crippen LogP contribution >= 0.6 is 11.6 Å². The third kappa shape index (κ3) is 4.23. The van der Waals surface area contributed by atoms with Gasteiger partial charge in [0, 0.05) is 17.1 Å². The van der Waals surface area contributed by atoms with E-state index in [0.29, 0.717) is 6.54 Å². The van der Waals surface area contributed by atoms with Gasteiger partial charge in [-0.25, -0.2) is 0 Å². The van der Waals surface area contributed by atoms with Crippen LogP contribution in [-0.4, -0.2) is 6.54 Å². The van der Waals surface area contributed by atoms with Crippen molar-refractivity contribution in [3.8, 4) is 11.5 Å². The van der Waals surface area contributed by atoms with Crippen LogP contribution in [-0.2, 0) is 6.54 Å². The Kier molecular flexibility index (Phi) is 5.66. The summed E-state index contributed by atoms with van der Waals surface area (Å²) in [6, 6.07) is 11.9. The second-order valence-electron chi connectivity index (χ2n) is 5.24. The van der Waals surface area contributed by atoms with E-state index in [1.807, 2.05) is 24.3 Å². The van der Waals surface area contributed by atoms with Gasteiger partial charge in [-0.3, -0.25) is 0 Å². The van der Waals surface area contributed by atoms with E-state index in [0.717, 1.165) is 35.1 Å². The average Bonchev–Trinajstić information content (AvgIpc) is 2.46. The molecular formula is C18H22ClNO. The topological polar surface area (TPSA) is 21.3 Å². The van der Waals surface area contributed by atoms with E-state index < -0.39 is 0 Å². The van der Waals surface area contributed by atoms with Crippen molar-refractivity contribution < 1.29 is 4.74 Å². The smallest absolute Gasteiger partial charge is 0.133 e. The lowest BCUT2D eigenvalue weighted by atomic mass is 10.1. The zero-order valence-corrected chi connectivity index (χ0v) is 13.6. The normalized spacial score (nSPS) is 10.7. The molecular weight excluding hydrogens is 282 g/mol. The molecule has 0 aliphatic carbocycles. The van der Waals surface area contributed by atoms with Crippen molar-refractivity contribution in [3.05, 3.63) is 58.1 Å². The molecule has 0 spiro atoms. The number of halogens is 1. The number of hydrogen-bond donors (Lipinski definition) is 1. The third-order valence-electron chi connectivity index (χ3n) is 3.51. The predicted octanol–water partition coefficient (Wildman–Crippen LogP) is 5.25. The van der Waals surface area contributed by atoms with Crippen LogP contribution in [0.25, 0.3) is 0 Å². The van der Waals surface area contributed by atoms with E-state index in [9.17, 15) is 0 Å². The maximum atomic E-state index is 6.31. The monoisotopic (exact) mass is 303 g/mol. The van der Waals surface area contributed by atoms with E-state index in [4.69, 9.17) is 16.3 Å². The molecule has 0 unspecified atom stereocenters. The van der Waals surface area contributed by atoms with E-state index in [1.165, 1.54) is 11.1 Å². The van der Waals surface area contributed by atoms with Crippen molar-refractivity contribution in [2.45, 2.75) is 33.7 Å². The van der Waals surface area contributed by atoms with Crippen LogP contribution in [0.15, 0.2) is 36.4 Å². The van der Waals surface area contributed by atoms with Gasteiger partial charge in [-0.1, -0.05) is 30.7 Å². The summed E-state index contributed by atoms with van der Waals surface area (Å²) in [4.78, 5) is 0. The molecule has 0 saturated heterocycles. The van der Waals surface area contributed by atoms with Gasteiger partial charge in [0.2, 0.25) is 0 Å². The zero-order chi connectivity index (χ0) is 15.2. The second-order valence-corrected chi connectivity index (χ2v) is 5.65. The number of hydrogen-bond acceptors (Lipinski definition) is 2. The molecule has 0 atom stereocenters. The average molecular weight is 304 g/mol. The Balaban J connectivity index is 2.22. The fraction of sp³-hybridized carbons (Fsp3) is 0.333. The molecule has 0 fully saturated rings. The summed E-state index contributed by atoms with van der Waals surface area (Å²) in [5, 5.41) is 4.11. The number of benzene rings is 2. The van der Waals surface area contributed by atoms with Gasteiger partial charge in [0.05, 0.1) is 0 Å². The molecule has 0 heterocycles. The highest BCUT2D eigenvalue weighted by atomic mass is 35.5. The summed E-state index contributed by atoms with van der Waals surface area (Å²) in [6.07, 6.45) is 1.10. The van der Waals surface area contributed by atoms with Gasteiger partial charge in [0.25, 0.3) is 0 Å². The molecule has 112 valence electrons. The molecule has 0 amide bonds. The summed E-state index contributed by atoms with van der Waals surface area (Å²) in [5.41, 5.74) is 3.49. The molecule has 2 nitrogen and oxygen atoms in total. The molecule has 0 aliphatic heterocycles. The first-order valence-electron chi connectivity index (χ1n) is 7.35. The van der Waals surface area contributed by atoms with Crippen LogP contribution in [0.5, 0.6) is 11.5 Å². The summed E-state index contributed by atoms with van der Waals surface area (Å²) in [7, 11) is 0. The molecule has 1 N–H and O–H groups in total. The van der Waals surface area contributed by atoms with Crippen LogP contribution in [0, 0.1) is 13.8 Å². The fourth-order valence-electron chi connectivity index (χ4n) is 2.10. The second kappa shape index (κ2) is 7.48. The quantitative estimate of drug-likeness (QED) is 0.736. The van der Waals surface area contributed by atoms with Crippen molar-refractivity contribution in [1.29, 1.82) is 0 Å². The predicted molar refractivity (Wildman–Crippen MR) is 89.4 cm³/mol. The van der Waals surface area contributed by atoms with Gasteiger partial charge >= 0.3 is 0 Å². The molecule has 21 heavy (non-hydrogen) atoms. The van der Waals surface area contributed by atoms with Crippen LogP contribution < -0.4 is 10.1 Å². The van der Waals surface area contributed by atoms with Gasteiger partial charge in [-0.05, 0) is 62.2 Å². The van der Waals surface area contributed by atoms with Gasteiger partial charge in [0.1, 0.15) is 11.5 Å². The fourth-order valence-corrected chi connectivity index (χ4v) is 2.33. The van der Waals surface area contributed by atoms with E-state index >= 15 is 0 Å². The van der Waals surface area contributed by atoms with Crippen LogP contribution in [0.4, 0.5) is 0 Å². The number of nitrogens with one attached hydrogen (secondary N) is 1. The van der Waals surface area contributed by atoms with E-state index in [-0.39, 0.29) is 0 Å². The van der Waals surface area contributed by atoms with Gasteiger partial charge in [-0.2, -0.15) is 0 Å². The molecule has 0 radical (unpaired) electrons. The summed E-state index contributed by atoms with van der Waals surface area (Å²) in [6.45, 7) is 8.01. The first-order chi connectivity index (χ1) is 10.1. The lowest BCUT2D eigenvalue weighted by molar-refractivity contribution is 0.472. The largest absolute Gasteiger partial charge is 0.457 e. The van der Waals surface area contributed by atoms with Crippen molar-refractivity contribution in [2.24, 2.45) is 0 Å². The lowest BCUT2D eigenvalue weighted by Crippen LogP contribution is -2.14. The Morgan fingerprint density at radius 2 is 1.90 bits per heavy atom. The summed E-state index contributed by atoms with van der Waals surface area (Å²) >= 11 is 6.31. The Labute approximate surface area is 132 Å². The Bertz CT molecular complexity index is 610. The molecule has 0 saturated carbocycles. The SMILES string of the molecule is CCCNCc1c(Cl)cccc1Oc1ccc(C)c(C)c1. The zero-order valence-electron chi connectivity index (χ0n) is 12.9. The lowest BCUT2D eigenvalue weighted by Gasteiger charge is -2.14.